The Morgan fingerprint density at radius 1 is 1.29 bits per heavy atom. The summed E-state index contributed by atoms with van der Waals surface area (Å²) in [5.74, 6) is 0. The molecule has 74 valence electrons. The van der Waals surface area contributed by atoms with E-state index in [1.54, 1.807) is 0 Å². The number of likely N-dealkylation sites (N-methyl/N-ethyl adjacent to an activating group) is 1. The summed E-state index contributed by atoms with van der Waals surface area (Å²) in [5.41, 5.74) is 5.83. The van der Waals surface area contributed by atoms with Crippen LogP contribution in [0.15, 0.2) is 30.0 Å². The maximum Gasteiger partial charge on any atom is 0.0210 e. The highest BCUT2D eigenvalue weighted by Gasteiger charge is 2.19. The number of nitrogens with zero attached hydrogens (tertiary/aromatic N) is 1. The van der Waals surface area contributed by atoms with Crippen LogP contribution in [-0.2, 0) is 6.42 Å². The number of hydrogen-bond donors (Lipinski definition) is 0. The molecular weight excluding hydrogens is 170 g/mol. The molecule has 0 amide bonds. The Morgan fingerprint density at radius 2 is 2.00 bits per heavy atom. The highest BCUT2D eigenvalue weighted by atomic mass is 15.1. The SMILES string of the molecule is CCN(C)C1=C(C)c2ccccc2C1. The molecule has 1 aliphatic carbocycles. The third kappa shape index (κ3) is 1.33. The van der Waals surface area contributed by atoms with E-state index in [0.717, 1.165) is 13.0 Å². The highest BCUT2D eigenvalue weighted by molar-refractivity contribution is 5.74. The summed E-state index contributed by atoms with van der Waals surface area (Å²) in [6.45, 7) is 5.51. The van der Waals surface area contributed by atoms with E-state index in [4.69, 9.17) is 0 Å². The van der Waals surface area contributed by atoms with Crippen LogP contribution in [0.2, 0.25) is 0 Å². The zero-order valence-electron chi connectivity index (χ0n) is 9.17. The molecule has 0 unspecified atom stereocenters. The standard InChI is InChI=1S/C13H17N/c1-4-14(3)13-9-11-7-5-6-8-12(11)10(13)2/h5-8H,4,9H2,1-3H3. The summed E-state index contributed by atoms with van der Waals surface area (Å²) in [4.78, 5) is 2.34. The van der Waals surface area contributed by atoms with Gasteiger partial charge < -0.3 is 4.90 Å². The lowest BCUT2D eigenvalue weighted by Gasteiger charge is -2.19. The lowest BCUT2D eigenvalue weighted by atomic mass is 10.1. The summed E-state index contributed by atoms with van der Waals surface area (Å²) in [6.07, 6.45) is 1.10. The summed E-state index contributed by atoms with van der Waals surface area (Å²) >= 11 is 0. The van der Waals surface area contributed by atoms with Crippen molar-refractivity contribution < 1.29 is 0 Å². The Balaban J connectivity index is 2.39. The van der Waals surface area contributed by atoms with Crippen LogP contribution in [0, 0.1) is 0 Å². The van der Waals surface area contributed by atoms with E-state index in [1.807, 2.05) is 0 Å². The molecule has 14 heavy (non-hydrogen) atoms. The molecule has 0 fully saturated rings. The van der Waals surface area contributed by atoms with Crippen LogP contribution in [0.3, 0.4) is 0 Å². The summed E-state index contributed by atoms with van der Waals surface area (Å²) < 4.78 is 0. The molecule has 1 aliphatic rings. The monoisotopic (exact) mass is 187 g/mol. The molecule has 1 nitrogen and oxygen atoms in total. The molecule has 1 heteroatoms. The van der Waals surface area contributed by atoms with Gasteiger partial charge in [-0.05, 0) is 30.5 Å². The molecule has 2 rings (SSSR count). The predicted molar refractivity (Wildman–Crippen MR) is 61.0 cm³/mol. The third-order valence-corrected chi connectivity index (χ3v) is 3.15. The summed E-state index contributed by atoms with van der Waals surface area (Å²) in [6, 6.07) is 8.70. The third-order valence-electron chi connectivity index (χ3n) is 3.15. The second kappa shape index (κ2) is 3.49. The van der Waals surface area contributed by atoms with E-state index in [9.17, 15) is 0 Å². The van der Waals surface area contributed by atoms with E-state index in [0.29, 0.717) is 0 Å². The van der Waals surface area contributed by atoms with Crippen molar-refractivity contribution in [2.75, 3.05) is 13.6 Å². The smallest absolute Gasteiger partial charge is 0.0210 e. The fourth-order valence-electron chi connectivity index (χ4n) is 2.12. The number of benzene rings is 1. The molecule has 0 spiro atoms. The average Bonchev–Trinajstić information content (AvgIpc) is 2.56. The van der Waals surface area contributed by atoms with Gasteiger partial charge in [0.15, 0.2) is 0 Å². The average molecular weight is 187 g/mol. The molecule has 0 aliphatic heterocycles. The van der Waals surface area contributed by atoms with E-state index >= 15 is 0 Å². The van der Waals surface area contributed by atoms with Gasteiger partial charge in [-0.25, -0.2) is 0 Å². The first kappa shape index (κ1) is 9.32. The number of rotatable bonds is 2. The van der Waals surface area contributed by atoms with Crippen molar-refractivity contribution in [3.05, 3.63) is 41.1 Å². The minimum atomic E-state index is 1.08. The molecule has 0 radical (unpaired) electrons. The summed E-state index contributed by atoms with van der Waals surface area (Å²) in [7, 11) is 2.17. The Bertz CT molecular complexity index is 377. The van der Waals surface area contributed by atoms with Gasteiger partial charge in [-0.15, -0.1) is 0 Å². The molecule has 1 aromatic carbocycles. The van der Waals surface area contributed by atoms with Gasteiger partial charge >= 0.3 is 0 Å². The molecule has 0 atom stereocenters. The molecule has 1 aromatic rings. The predicted octanol–water partition coefficient (Wildman–Crippen LogP) is 2.93. The topological polar surface area (TPSA) is 3.24 Å². The summed E-state index contributed by atoms with van der Waals surface area (Å²) in [5, 5.41) is 0. The van der Waals surface area contributed by atoms with Gasteiger partial charge in [0.1, 0.15) is 0 Å². The minimum absolute atomic E-state index is 1.08. The van der Waals surface area contributed by atoms with Gasteiger partial charge in [-0.2, -0.15) is 0 Å². The molecular formula is C13H17N. The van der Waals surface area contributed by atoms with Crippen LogP contribution in [0.1, 0.15) is 25.0 Å². The molecule has 0 N–H and O–H groups in total. The van der Waals surface area contributed by atoms with Crippen molar-refractivity contribution in [3.63, 3.8) is 0 Å². The quantitative estimate of drug-likeness (QED) is 0.688. The van der Waals surface area contributed by atoms with Crippen LogP contribution in [0.5, 0.6) is 0 Å². The van der Waals surface area contributed by atoms with Gasteiger partial charge in [0.05, 0.1) is 0 Å². The van der Waals surface area contributed by atoms with Gasteiger partial charge in [-0.1, -0.05) is 24.3 Å². The van der Waals surface area contributed by atoms with Crippen molar-refractivity contribution in [3.8, 4) is 0 Å². The molecule has 0 saturated carbocycles. The fourth-order valence-corrected chi connectivity index (χ4v) is 2.12. The lowest BCUT2D eigenvalue weighted by Crippen LogP contribution is -2.17. The van der Waals surface area contributed by atoms with Crippen LogP contribution in [0.25, 0.3) is 5.57 Å². The van der Waals surface area contributed by atoms with Crippen LogP contribution >= 0.6 is 0 Å². The second-order valence-electron chi connectivity index (χ2n) is 3.92. The highest BCUT2D eigenvalue weighted by Crippen LogP contribution is 2.33. The molecule has 0 bridgehead atoms. The first-order chi connectivity index (χ1) is 6.74. The van der Waals surface area contributed by atoms with E-state index < -0.39 is 0 Å². The largest absolute Gasteiger partial charge is 0.378 e. The maximum absolute atomic E-state index is 2.34. The van der Waals surface area contributed by atoms with E-state index in [-0.39, 0.29) is 0 Å². The lowest BCUT2D eigenvalue weighted by molar-refractivity contribution is 0.436. The van der Waals surface area contributed by atoms with Crippen LogP contribution in [-0.4, -0.2) is 18.5 Å². The van der Waals surface area contributed by atoms with Gasteiger partial charge in [-0.3, -0.25) is 0 Å². The number of hydrogen-bond acceptors (Lipinski definition) is 1. The van der Waals surface area contributed by atoms with Crippen LogP contribution < -0.4 is 0 Å². The normalized spacial score (nSPS) is 14.5. The first-order valence-corrected chi connectivity index (χ1v) is 5.23. The van der Waals surface area contributed by atoms with E-state index in [2.05, 4.69) is 50.1 Å². The number of fused-ring (bicyclic) bond motifs is 1. The number of allylic oxidation sites excluding steroid dienone is 2. The Labute approximate surface area is 86.1 Å². The zero-order valence-corrected chi connectivity index (χ0v) is 9.17. The van der Waals surface area contributed by atoms with Crippen molar-refractivity contribution in [2.24, 2.45) is 0 Å². The van der Waals surface area contributed by atoms with E-state index in [1.165, 1.54) is 22.4 Å². The zero-order chi connectivity index (χ0) is 10.1. The molecule has 0 saturated heterocycles. The second-order valence-corrected chi connectivity index (χ2v) is 3.92. The maximum atomic E-state index is 2.34. The van der Waals surface area contributed by atoms with Crippen molar-refractivity contribution >= 4 is 5.57 Å². The Kier molecular flexibility index (Phi) is 2.32. The van der Waals surface area contributed by atoms with Crippen molar-refractivity contribution in [2.45, 2.75) is 20.3 Å². The van der Waals surface area contributed by atoms with Gasteiger partial charge in [0, 0.05) is 25.7 Å². The Hall–Kier alpha value is -1.24. The van der Waals surface area contributed by atoms with Crippen molar-refractivity contribution in [1.29, 1.82) is 0 Å². The Morgan fingerprint density at radius 3 is 2.64 bits per heavy atom. The minimum Gasteiger partial charge on any atom is -0.378 e. The van der Waals surface area contributed by atoms with Gasteiger partial charge in [0.2, 0.25) is 0 Å². The molecule has 0 heterocycles. The first-order valence-electron chi connectivity index (χ1n) is 5.23. The fraction of sp³-hybridized carbons (Fsp3) is 0.385. The van der Waals surface area contributed by atoms with Gasteiger partial charge in [0.25, 0.3) is 0 Å². The molecule has 0 aromatic heterocycles. The van der Waals surface area contributed by atoms with Crippen molar-refractivity contribution in [1.82, 2.24) is 4.90 Å². The van der Waals surface area contributed by atoms with Crippen LogP contribution in [0.4, 0.5) is 0 Å².